The van der Waals surface area contributed by atoms with Crippen molar-refractivity contribution in [2.24, 2.45) is 0 Å². The third-order valence-corrected chi connectivity index (χ3v) is 4.62. The standard InChI is InChI=1S/C20H20N4O2/c21-13-16(20(25)22-17-5-6-17)12-15-11-14-3-1-2-4-18(14)23-19(15)24-7-9-26-10-8-24/h1-4,11-12,17H,5-10H2,(H,22,25)/b16-12+. The number of carbonyl (C=O) groups is 1. The van der Waals surface area contributed by atoms with Crippen molar-refractivity contribution >= 4 is 28.7 Å². The van der Waals surface area contributed by atoms with Gasteiger partial charge in [0.25, 0.3) is 5.91 Å². The maximum absolute atomic E-state index is 12.3. The quantitative estimate of drug-likeness (QED) is 0.677. The minimum Gasteiger partial charge on any atom is -0.378 e. The number of nitrogens with one attached hydrogen (secondary N) is 1. The van der Waals surface area contributed by atoms with Crippen LogP contribution in [0.1, 0.15) is 18.4 Å². The number of morpholine rings is 1. The van der Waals surface area contributed by atoms with Crippen LogP contribution in [0.4, 0.5) is 5.82 Å². The lowest BCUT2D eigenvalue weighted by atomic mass is 10.1. The van der Waals surface area contributed by atoms with Gasteiger partial charge in [0.1, 0.15) is 17.5 Å². The predicted molar refractivity (Wildman–Crippen MR) is 99.5 cm³/mol. The van der Waals surface area contributed by atoms with Gasteiger partial charge in [0.15, 0.2) is 0 Å². The fourth-order valence-electron chi connectivity index (χ4n) is 3.05. The average molecular weight is 348 g/mol. The smallest absolute Gasteiger partial charge is 0.262 e. The summed E-state index contributed by atoms with van der Waals surface area (Å²) in [4.78, 5) is 19.3. The van der Waals surface area contributed by atoms with Gasteiger partial charge >= 0.3 is 0 Å². The molecule has 0 atom stereocenters. The van der Waals surface area contributed by atoms with Gasteiger partial charge in [-0.3, -0.25) is 4.79 Å². The Morgan fingerprint density at radius 2 is 2.08 bits per heavy atom. The maximum atomic E-state index is 12.3. The van der Waals surface area contributed by atoms with Crippen LogP contribution in [-0.2, 0) is 9.53 Å². The van der Waals surface area contributed by atoms with Crippen LogP contribution in [0.2, 0.25) is 0 Å². The van der Waals surface area contributed by atoms with E-state index in [4.69, 9.17) is 9.72 Å². The van der Waals surface area contributed by atoms with E-state index in [0.717, 1.165) is 48.2 Å². The lowest BCUT2D eigenvalue weighted by Crippen LogP contribution is -2.37. The molecule has 0 radical (unpaired) electrons. The Labute approximate surface area is 152 Å². The fourth-order valence-corrected chi connectivity index (χ4v) is 3.05. The Morgan fingerprint density at radius 1 is 1.31 bits per heavy atom. The average Bonchev–Trinajstić information content (AvgIpc) is 3.50. The summed E-state index contributed by atoms with van der Waals surface area (Å²) in [6.45, 7) is 2.76. The molecule has 1 saturated carbocycles. The van der Waals surface area contributed by atoms with E-state index in [-0.39, 0.29) is 17.5 Å². The number of nitriles is 1. The van der Waals surface area contributed by atoms with E-state index in [1.54, 1.807) is 6.08 Å². The number of amides is 1. The van der Waals surface area contributed by atoms with Crippen molar-refractivity contribution in [2.75, 3.05) is 31.2 Å². The molecule has 0 unspecified atom stereocenters. The minimum atomic E-state index is -0.309. The zero-order valence-corrected chi connectivity index (χ0v) is 14.4. The summed E-state index contributed by atoms with van der Waals surface area (Å²) >= 11 is 0. The molecule has 1 aliphatic heterocycles. The molecule has 26 heavy (non-hydrogen) atoms. The summed E-state index contributed by atoms with van der Waals surface area (Å²) < 4.78 is 5.44. The zero-order chi connectivity index (χ0) is 17.9. The first-order chi connectivity index (χ1) is 12.7. The number of hydrogen-bond donors (Lipinski definition) is 1. The van der Waals surface area contributed by atoms with Gasteiger partial charge in [-0.1, -0.05) is 18.2 Å². The largest absolute Gasteiger partial charge is 0.378 e. The second-order valence-corrected chi connectivity index (χ2v) is 6.61. The molecule has 2 heterocycles. The van der Waals surface area contributed by atoms with Crippen molar-refractivity contribution in [3.05, 3.63) is 41.5 Å². The van der Waals surface area contributed by atoms with Crippen molar-refractivity contribution < 1.29 is 9.53 Å². The molecule has 2 aliphatic rings. The van der Waals surface area contributed by atoms with Gasteiger partial charge in [-0.15, -0.1) is 0 Å². The third kappa shape index (κ3) is 3.53. The predicted octanol–water partition coefficient (Wildman–Crippen LogP) is 2.26. The van der Waals surface area contributed by atoms with Crippen LogP contribution >= 0.6 is 0 Å². The number of para-hydroxylation sites is 1. The van der Waals surface area contributed by atoms with Gasteiger partial charge in [0, 0.05) is 30.1 Å². The number of ether oxygens (including phenoxy) is 1. The Bertz CT molecular complexity index is 906. The van der Waals surface area contributed by atoms with Crippen molar-refractivity contribution in [1.29, 1.82) is 5.26 Å². The number of rotatable bonds is 4. The van der Waals surface area contributed by atoms with Gasteiger partial charge in [0.2, 0.25) is 0 Å². The van der Waals surface area contributed by atoms with E-state index in [9.17, 15) is 10.1 Å². The Morgan fingerprint density at radius 3 is 2.81 bits per heavy atom. The summed E-state index contributed by atoms with van der Waals surface area (Å²) in [5.74, 6) is 0.482. The highest BCUT2D eigenvalue weighted by molar-refractivity contribution is 6.03. The first-order valence-corrected chi connectivity index (χ1v) is 8.90. The molecule has 1 N–H and O–H groups in total. The van der Waals surface area contributed by atoms with E-state index in [1.807, 2.05) is 36.4 Å². The highest BCUT2D eigenvalue weighted by Crippen LogP contribution is 2.27. The van der Waals surface area contributed by atoms with E-state index >= 15 is 0 Å². The monoisotopic (exact) mass is 348 g/mol. The highest BCUT2D eigenvalue weighted by Gasteiger charge is 2.25. The Hall–Kier alpha value is -2.91. The van der Waals surface area contributed by atoms with E-state index in [0.29, 0.717) is 13.2 Å². The molecule has 0 spiro atoms. The normalized spacial score (nSPS) is 17.8. The molecule has 6 nitrogen and oxygen atoms in total. The van der Waals surface area contributed by atoms with E-state index in [2.05, 4.69) is 10.2 Å². The zero-order valence-electron chi connectivity index (χ0n) is 14.4. The summed E-state index contributed by atoms with van der Waals surface area (Å²) in [6, 6.07) is 12.1. The molecular formula is C20H20N4O2. The summed E-state index contributed by atoms with van der Waals surface area (Å²) in [5.41, 5.74) is 1.80. The van der Waals surface area contributed by atoms with Crippen molar-refractivity contribution in [2.45, 2.75) is 18.9 Å². The molecule has 1 saturated heterocycles. The van der Waals surface area contributed by atoms with Crippen molar-refractivity contribution in [3.8, 4) is 6.07 Å². The number of anilines is 1. The van der Waals surface area contributed by atoms with Crippen LogP contribution in [0.5, 0.6) is 0 Å². The van der Waals surface area contributed by atoms with E-state index < -0.39 is 0 Å². The van der Waals surface area contributed by atoms with Crippen LogP contribution in [0.3, 0.4) is 0 Å². The van der Waals surface area contributed by atoms with Gasteiger partial charge in [-0.2, -0.15) is 5.26 Å². The lowest BCUT2D eigenvalue weighted by molar-refractivity contribution is -0.117. The third-order valence-electron chi connectivity index (χ3n) is 4.62. The highest BCUT2D eigenvalue weighted by atomic mass is 16.5. The molecule has 6 heteroatoms. The SMILES string of the molecule is N#C/C(=C\c1cc2ccccc2nc1N1CCOCC1)C(=O)NC1CC1. The van der Waals surface area contributed by atoms with Crippen LogP contribution in [0.25, 0.3) is 17.0 Å². The van der Waals surface area contributed by atoms with Crippen molar-refractivity contribution in [1.82, 2.24) is 10.3 Å². The second-order valence-electron chi connectivity index (χ2n) is 6.61. The molecule has 132 valence electrons. The summed E-state index contributed by atoms with van der Waals surface area (Å²) in [5, 5.41) is 13.3. The molecule has 1 aromatic carbocycles. The lowest BCUT2D eigenvalue weighted by Gasteiger charge is -2.29. The summed E-state index contributed by atoms with van der Waals surface area (Å²) in [6.07, 6.45) is 3.63. The molecule has 1 aliphatic carbocycles. The Balaban J connectivity index is 1.76. The number of carbonyl (C=O) groups excluding carboxylic acids is 1. The molecule has 1 amide bonds. The van der Waals surface area contributed by atoms with E-state index in [1.165, 1.54) is 0 Å². The molecule has 2 aromatic rings. The first kappa shape index (κ1) is 16.6. The number of hydrogen-bond acceptors (Lipinski definition) is 5. The maximum Gasteiger partial charge on any atom is 0.262 e. The van der Waals surface area contributed by atoms with Crippen molar-refractivity contribution in [3.63, 3.8) is 0 Å². The van der Waals surface area contributed by atoms with Crippen LogP contribution in [0, 0.1) is 11.3 Å². The summed E-state index contributed by atoms with van der Waals surface area (Å²) in [7, 11) is 0. The molecule has 1 aromatic heterocycles. The number of fused-ring (bicyclic) bond motifs is 1. The van der Waals surface area contributed by atoms with Crippen LogP contribution < -0.4 is 10.2 Å². The molecule has 0 bridgehead atoms. The molecule has 2 fully saturated rings. The molecule has 4 rings (SSSR count). The topological polar surface area (TPSA) is 78.2 Å². The Kier molecular flexibility index (Phi) is 4.55. The number of benzene rings is 1. The van der Waals surface area contributed by atoms with Gasteiger partial charge < -0.3 is 15.0 Å². The minimum absolute atomic E-state index is 0.114. The number of aromatic nitrogens is 1. The fraction of sp³-hybridized carbons (Fsp3) is 0.350. The number of nitrogens with zero attached hydrogens (tertiary/aromatic N) is 3. The number of pyridine rings is 1. The van der Waals surface area contributed by atoms with Gasteiger partial charge in [-0.05, 0) is 31.1 Å². The van der Waals surface area contributed by atoms with Gasteiger partial charge in [0.05, 0.1) is 18.7 Å². The van der Waals surface area contributed by atoms with Crippen LogP contribution in [-0.4, -0.2) is 43.2 Å². The first-order valence-electron chi connectivity index (χ1n) is 8.90. The van der Waals surface area contributed by atoms with Gasteiger partial charge in [-0.25, -0.2) is 4.98 Å². The van der Waals surface area contributed by atoms with Crippen LogP contribution in [0.15, 0.2) is 35.9 Å². The second kappa shape index (κ2) is 7.14. The molecular weight excluding hydrogens is 328 g/mol.